The Morgan fingerprint density at radius 1 is 1.19 bits per heavy atom. The van der Waals surface area contributed by atoms with Crippen LogP contribution in [0.3, 0.4) is 0 Å². The predicted molar refractivity (Wildman–Crippen MR) is 102 cm³/mol. The Balaban J connectivity index is 1.60. The van der Waals surface area contributed by atoms with Gasteiger partial charge in [0.05, 0.1) is 18.9 Å². The fourth-order valence-corrected chi connectivity index (χ4v) is 2.95. The predicted octanol–water partition coefficient (Wildman–Crippen LogP) is 1.28. The summed E-state index contributed by atoms with van der Waals surface area (Å²) < 4.78 is 6.89. The van der Waals surface area contributed by atoms with Gasteiger partial charge in [0.2, 0.25) is 5.91 Å². The number of benzene rings is 1. The van der Waals surface area contributed by atoms with Crippen LogP contribution in [-0.2, 0) is 9.53 Å². The molecule has 0 bridgehead atoms. The highest BCUT2D eigenvalue weighted by Gasteiger charge is 2.16. The fraction of sp³-hybridized carbons (Fsp3) is 0.421. The summed E-state index contributed by atoms with van der Waals surface area (Å²) >= 11 is 0. The van der Waals surface area contributed by atoms with Crippen molar-refractivity contribution in [1.29, 1.82) is 0 Å². The first-order chi connectivity index (χ1) is 13.1. The molecule has 0 atom stereocenters. The summed E-state index contributed by atoms with van der Waals surface area (Å²) in [5, 5.41) is 9.98. The lowest BCUT2D eigenvalue weighted by Gasteiger charge is -2.26. The molecule has 1 aliphatic heterocycles. The van der Waals surface area contributed by atoms with Crippen molar-refractivity contribution in [3.05, 3.63) is 42.1 Å². The van der Waals surface area contributed by atoms with Gasteiger partial charge in [-0.15, -0.1) is 0 Å². The average Bonchev–Trinajstić information content (AvgIpc) is 3.10. The first-order valence-electron chi connectivity index (χ1n) is 9.15. The Bertz CT molecular complexity index is 769. The number of morpholine rings is 1. The van der Waals surface area contributed by atoms with Gasteiger partial charge in [0.1, 0.15) is 5.82 Å². The molecule has 0 spiro atoms. The molecule has 3 rings (SSSR count). The third-order valence-corrected chi connectivity index (χ3v) is 4.29. The Labute approximate surface area is 158 Å². The summed E-state index contributed by atoms with van der Waals surface area (Å²) in [6, 6.07) is 11.0. The summed E-state index contributed by atoms with van der Waals surface area (Å²) in [5.74, 6) is -0.00465. The van der Waals surface area contributed by atoms with Gasteiger partial charge in [0, 0.05) is 32.6 Å². The zero-order valence-corrected chi connectivity index (χ0v) is 15.5. The number of carbonyl (C=O) groups is 2. The molecule has 0 radical (unpaired) electrons. The number of hydrogen-bond acceptors (Lipinski definition) is 5. The quantitative estimate of drug-likeness (QED) is 0.716. The minimum absolute atomic E-state index is 0.218. The lowest BCUT2D eigenvalue weighted by atomic mass is 10.3. The number of carbonyl (C=O) groups excluding carboxylic acids is 2. The van der Waals surface area contributed by atoms with E-state index in [2.05, 4.69) is 20.6 Å². The smallest absolute Gasteiger partial charge is 0.271 e. The van der Waals surface area contributed by atoms with Gasteiger partial charge < -0.3 is 15.4 Å². The largest absolute Gasteiger partial charge is 0.379 e. The topological polar surface area (TPSA) is 88.5 Å². The first-order valence-corrected chi connectivity index (χ1v) is 9.15. The molecular weight excluding hydrogens is 346 g/mol. The van der Waals surface area contributed by atoms with Gasteiger partial charge in [-0.25, -0.2) is 4.68 Å². The van der Waals surface area contributed by atoms with Gasteiger partial charge in [-0.05, 0) is 25.1 Å². The van der Waals surface area contributed by atoms with E-state index < -0.39 is 0 Å². The van der Waals surface area contributed by atoms with Crippen molar-refractivity contribution in [1.82, 2.24) is 20.0 Å². The number of nitrogens with zero attached hydrogens (tertiary/aromatic N) is 3. The van der Waals surface area contributed by atoms with Crippen molar-refractivity contribution in [2.45, 2.75) is 13.3 Å². The monoisotopic (exact) mass is 371 g/mol. The Morgan fingerprint density at radius 2 is 1.93 bits per heavy atom. The Hall–Kier alpha value is -2.71. The number of hydrogen-bond donors (Lipinski definition) is 2. The molecule has 2 amide bonds. The van der Waals surface area contributed by atoms with E-state index in [4.69, 9.17) is 4.74 Å². The Morgan fingerprint density at radius 3 is 2.63 bits per heavy atom. The van der Waals surface area contributed by atoms with Crippen LogP contribution in [0.15, 0.2) is 36.4 Å². The maximum atomic E-state index is 12.4. The molecule has 1 fully saturated rings. The van der Waals surface area contributed by atoms with Gasteiger partial charge in [-0.3, -0.25) is 14.5 Å². The second-order valence-corrected chi connectivity index (χ2v) is 6.41. The van der Waals surface area contributed by atoms with Crippen LogP contribution in [-0.4, -0.2) is 65.9 Å². The fourth-order valence-electron chi connectivity index (χ4n) is 2.95. The minimum atomic E-state index is -0.252. The molecule has 0 aliphatic carbocycles. The third-order valence-electron chi connectivity index (χ3n) is 4.29. The molecule has 2 heterocycles. The van der Waals surface area contributed by atoms with E-state index >= 15 is 0 Å². The number of para-hydroxylation sites is 1. The zero-order chi connectivity index (χ0) is 19.1. The summed E-state index contributed by atoms with van der Waals surface area (Å²) in [6.45, 7) is 6.35. The summed E-state index contributed by atoms with van der Waals surface area (Å²) in [5.41, 5.74) is 1.04. The van der Waals surface area contributed by atoms with E-state index in [-0.39, 0.29) is 17.5 Å². The van der Waals surface area contributed by atoms with Crippen molar-refractivity contribution >= 4 is 17.6 Å². The first kappa shape index (κ1) is 19.1. The molecule has 2 aromatic rings. The second kappa shape index (κ2) is 9.29. The molecule has 0 saturated carbocycles. The highest BCUT2D eigenvalue weighted by molar-refractivity contribution is 5.95. The van der Waals surface area contributed by atoms with Gasteiger partial charge >= 0.3 is 0 Å². The number of nitrogens with one attached hydrogen (secondary N) is 2. The maximum Gasteiger partial charge on any atom is 0.271 e. The molecule has 1 saturated heterocycles. The molecule has 8 heteroatoms. The molecule has 27 heavy (non-hydrogen) atoms. The van der Waals surface area contributed by atoms with Crippen molar-refractivity contribution in [2.75, 3.05) is 44.7 Å². The van der Waals surface area contributed by atoms with E-state index in [1.807, 2.05) is 30.3 Å². The van der Waals surface area contributed by atoms with Crippen LogP contribution < -0.4 is 10.6 Å². The maximum absolute atomic E-state index is 12.4. The summed E-state index contributed by atoms with van der Waals surface area (Å²) in [7, 11) is 0. The van der Waals surface area contributed by atoms with Gasteiger partial charge in [0.15, 0.2) is 5.69 Å². The highest BCUT2D eigenvalue weighted by atomic mass is 16.5. The molecule has 1 aromatic heterocycles. The number of ether oxygens (including phenoxy) is 1. The van der Waals surface area contributed by atoms with Crippen molar-refractivity contribution in [3.63, 3.8) is 0 Å². The lowest BCUT2D eigenvalue weighted by molar-refractivity contribution is -0.114. The summed E-state index contributed by atoms with van der Waals surface area (Å²) in [6.07, 6.45) is 0.865. The molecule has 2 N–H and O–H groups in total. The normalized spacial score (nSPS) is 14.7. The zero-order valence-electron chi connectivity index (χ0n) is 15.5. The molecule has 0 unspecified atom stereocenters. The SMILES string of the molecule is CC(=O)Nc1cc(C(=O)NCCCN2CCOCC2)nn1-c1ccccc1. The van der Waals surface area contributed by atoms with E-state index in [0.29, 0.717) is 12.4 Å². The van der Waals surface area contributed by atoms with Crippen LogP contribution in [0.2, 0.25) is 0 Å². The van der Waals surface area contributed by atoms with Crippen molar-refractivity contribution < 1.29 is 14.3 Å². The second-order valence-electron chi connectivity index (χ2n) is 6.41. The number of aromatic nitrogens is 2. The van der Waals surface area contributed by atoms with Crippen molar-refractivity contribution in [2.24, 2.45) is 0 Å². The molecule has 8 nitrogen and oxygen atoms in total. The van der Waals surface area contributed by atoms with E-state index in [1.165, 1.54) is 6.92 Å². The lowest BCUT2D eigenvalue weighted by Crippen LogP contribution is -2.38. The standard InChI is InChI=1S/C19H25N5O3/c1-15(25)21-18-14-17(22-24(18)16-6-3-2-4-7-16)19(26)20-8-5-9-23-10-12-27-13-11-23/h2-4,6-7,14H,5,8-13H2,1H3,(H,20,26)(H,21,25). The van der Waals surface area contributed by atoms with Gasteiger partial charge in [-0.2, -0.15) is 5.10 Å². The molecule has 144 valence electrons. The van der Waals surface area contributed by atoms with E-state index in [0.717, 1.165) is 45.0 Å². The van der Waals surface area contributed by atoms with Crippen LogP contribution in [0.25, 0.3) is 5.69 Å². The average molecular weight is 371 g/mol. The number of rotatable bonds is 7. The van der Waals surface area contributed by atoms with Crippen LogP contribution >= 0.6 is 0 Å². The molecular formula is C19H25N5O3. The van der Waals surface area contributed by atoms with E-state index in [9.17, 15) is 9.59 Å². The van der Waals surface area contributed by atoms with Gasteiger partial charge in [-0.1, -0.05) is 18.2 Å². The third kappa shape index (κ3) is 5.38. The van der Waals surface area contributed by atoms with Crippen molar-refractivity contribution in [3.8, 4) is 5.69 Å². The van der Waals surface area contributed by atoms with Crippen LogP contribution in [0.4, 0.5) is 5.82 Å². The number of amides is 2. The highest BCUT2D eigenvalue weighted by Crippen LogP contribution is 2.17. The summed E-state index contributed by atoms with van der Waals surface area (Å²) in [4.78, 5) is 26.2. The minimum Gasteiger partial charge on any atom is -0.379 e. The van der Waals surface area contributed by atoms with Crippen LogP contribution in [0, 0.1) is 0 Å². The van der Waals surface area contributed by atoms with E-state index in [1.54, 1.807) is 10.7 Å². The Kier molecular flexibility index (Phi) is 6.56. The van der Waals surface area contributed by atoms with Crippen LogP contribution in [0.5, 0.6) is 0 Å². The van der Waals surface area contributed by atoms with Crippen LogP contribution in [0.1, 0.15) is 23.8 Å². The molecule has 1 aliphatic rings. The number of anilines is 1. The van der Waals surface area contributed by atoms with Gasteiger partial charge in [0.25, 0.3) is 5.91 Å². The molecule has 1 aromatic carbocycles.